The van der Waals surface area contributed by atoms with E-state index in [4.69, 9.17) is 9.47 Å². The third-order valence-corrected chi connectivity index (χ3v) is 10.1. The van der Waals surface area contributed by atoms with Gasteiger partial charge in [-0.2, -0.15) is 0 Å². The molecule has 35 heavy (non-hydrogen) atoms. The van der Waals surface area contributed by atoms with Gasteiger partial charge in [-0.05, 0) is 42.5 Å². The van der Waals surface area contributed by atoms with Gasteiger partial charge in [-0.1, -0.05) is 54.1 Å². The number of likely N-dealkylation sites (tertiary alicyclic amines) is 1. The highest BCUT2D eigenvalue weighted by molar-refractivity contribution is 7.93. The van der Waals surface area contributed by atoms with E-state index in [1.165, 1.54) is 25.6 Å². The van der Waals surface area contributed by atoms with E-state index in [2.05, 4.69) is 0 Å². The molecule has 1 aliphatic heterocycles. The lowest BCUT2D eigenvalue weighted by Gasteiger charge is -2.48. The van der Waals surface area contributed by atoms with Crippen molar-refractivity contribution >= 4 is 27.1 Å². The van der Waals surface area contributed by atoms with Crippen LogP contribution in [0.25, 0.3) is 0 Å². The van der Waals surface area contributed by atoms with E-state index in [9.17, 15) is 13.2 Å². The van der Waals surface area contributed by atoms with Crippen molar-refractivity contribution in [2.24, 2.45) is 5.92 Å². The number of thiophene rings is 1. The molecule has 1 amide bonds. The van der Waals surface area contributed by atoms with Gasteiger partial charge in [0.15, 0.2) is 20.9 Å². The zero-order chi connectivity index (χ0) is 25.1. The lowest BCUT2D eigenvalue weighted by molar-refractivity contribution is -0.170. The molecule has 1 fully saturated rings. The number of carbonyl (C=O) groups excluding carboxylic acids is 1. The Morgan fingerprint density at radius 1 is 1.03 bits per heavy atom. The van der Waals surface area contributed by atoms with Crippen molar-refractivity contribution in [2.45, 2.75) is 42.2 Å². The van der Waals surface area contributed by atoms with Crippen LogP contribution in [0.4, 0.5) is 0 Å². The minimum atomic E-state index is -4.15. The Bertz CT molecular complexity index is 1220. The molecule has 2 atom stereocenters. The number of rotatable bonds is 9. The van der Waals surface area contributed by atoms with Crippen molar-refractivity contribution in [3.63, 3.8) is 0 Å². The molecule has 0 saturated carbocycles. The Balaban J connectivity index is 1.90. The van der Waals surface area contributed by atoms with E-state index >= 15 is 0 Å². The second-order valence-corrected chi connectivity index (χ2v) is 12.1. The molecule has 4 rings (SSSR count). The second kappa shape index (κ2) is 10.6. The monoisotopic (exact) mass is 513 g/mol. The van der Waals surface area contributed by atoms with E-state index in [0.717, 1.165) is 16.0 Å². The summed E-state index contributed by atoms with van der Waals surface area (Å²) in [5, 5.41) is 1.90. The van der Waals surface area contributed by atoms with Crippen LogP contribution < -0.4 is 0 Å². The van der Waals surface area contributed by atoms with Crippen molar-refractivity contribution in [3.05, 3.63) is 88.1 Å². The van der Waals surface area contributed by atoms with Gasteiger partial charge in [-0.15, -0.1) is 11.3 Å². The minimum absolute atomic E-state index is 0.0545. The van der Waals surface area contributed by atoms with Crippen LogP contribution in [0, 0.1) is 12.8 Å². The van der Waals surface area contributed by atoms with Gasteiger partial charge in [0.1, 0.15) is 0 Å². The standard InChI is InChI=1S/C27H31NO5S2/c1-20-11-13-23(14-12-20)35(30,31)27(18-22-10-7-17-34-22)24(25(32-2)33-3)15-16-28(26(27)29)19-21-8-5-4-6-9-21/h4-14,17,24-25H,15-16,18-19H2,1-3H3. The van der Waals surface area contributed by atoms with Gasteiger partial charge in [0.2, 0.25) is 5.91 Å². The first kappa shape index (κ1) is 25.6. The molecule has 186 valence electrons. The highest BCUT2D eigenvalue weighted by atomic mass is 32.2. The fourth-order valence-electron chi connectivity index (χ4n) is 5.01. The van der Waals surface area contributed by atoms with Crippen LogP contribution in [-0.4, -0.2) is 51.0 Å². The molecule has 1 saturated heterocycles. The maximum absolute atomic E-state index is 14.5. The van der Waals surface area contributed by atoms with Crippen LogP contribution in [0.15, 0.2) is 77.0 Å². The SMILES string of the molecule is COC(OC)C1CCN(Cc2ccccc2)C(=O)C1(Cc1cccs1)S(=O)(=O)c1ccc(C)cc1. The predicted molar refractivity (Wildman–Crippen MR) is 137 cm³/mol. The second-order valence-electron chi connectivity index (χ2n) is 8.91. The lowest BCUT2D eigenvalue weighted by atomic mass is 9.80. The van der Waals surface area contributed by atoms with E-state index in [0.29, 0.717) is 19.5 Å². The molecule has 0 bridgehead atoms. The van der Waals surface area contributed by atoms with Gasteiger partial charge in [0, 0.05) is 44.5 Å². The molecule has 8 heteroatoms. The highest BCUT2D eigenvalue weighted by Gasteiger charge is 2.62. The molecule has 0 aliphatic carbocycles. The van der Waals surface area contributed by atoms with Crippen LogP contribution in [0.2, 0.25) is 0 Å². The number of carbonyl (C=O) groups is 1. The quantitative estimate of drug-likeness (QED) is 0.395. The molecule has 3 aromatic rings. The van der Waals surface area contributed by atoms with Crippen molar-refractivity contribution in [3.8, 4) is 0 Å². The molecule has 0 radical (unpaired) electrons. The van der Waals surface area contributed by atoms with Gasteiger partial charge in [-0.3, -0.25) is 4.79 Å². The zero-order valence-electron chi connectivity index (χ0n) is 20.2. The first-order valence-electron chi connectivity index (χ1n) is 11.6. The number of amides is 1. The number of hydrogen-bond acceptors (Lipinski definition) is 6. The van der Waals surface area contributed by atoms with Crippen LogP contribution in [-0.2, 0) is 37.1 Å². The first-order chi connectivity index (χ1) is 16.8. The smallest absolute Gasteiger partial charge is 0.245 e. The normalized spacial score (nSPS) is 21.0. The molecule has 1 aromatic heterocycles. The van der Waals surface area contributed by atoms with Crippen molar-refractivity contribution in [1.29, 1.82) is 0 Å². The fraction of sp³-hybridized carbons (Fsp3) is 0.370. The maximum atomic E-state index is 14.5. The molecule has 2 heterocycles. The van der Waals surface area contributed by atoms with E-state index in [1.54, 1.807) is 29.2 Å². The summed E-state index contributed by atoms with van der Waals surface area (Å²) in [6, 6.07) is 20.1. The van der Waals surface area contributed by atoms with Crippen LogP contribution in [0.5, 0.6) is 0 Å². The van der Waals surface area contributed by atoms with Crippen molar-refractivity contribution < 1.29 is 22.7 Å². The topological polar surface area (TPSA) is 72.9 Å². The Labute approximate surface area is 211 Å². The Morgan fingerprint density at radius 2 is 1.71 bits per heavy atom. The number of ether oxygens (including phenoxy) is 2. The molecule has 1 aliphatic rings. The largest absolute Gasteiger partial charge is 0.356 e. The molecule has 0 N–H and O–H groups in total. The number of nitrogens with zero attached hydrogens (tertiary/aromatic N) is 1. The number of hydrogen-bond donors (Lipinski definition) is 0. The Hall–Kier alpha value is -2.52. The summed E-state index contributed by atoms with van der Waals surface area (Å²) < 4.78 is 38.5. The lowest BCUT2D eigenvalue weighted by Crippen LogP contribution is -2.66. The van der Waals surface area contributed by atoms with Gasteiger partial charge in [0.25, 0.3) is 0 Å². The van der Waals surface area contributed by atoms with E-state index in [1.807, 2.05) is 54.8 Å². The predicted octanol–water partition coefficient (Wildman–Crippen LogP) is 4.48. The fourth-order valence-corrected chi connectivity index (χ4v) is 8.15. The minimum Gasteiger partial charge on any atom is -0.356 e. The molecule has 0 spiro atoms. The molecule has 2 aromatic carbocycles. The van der Waals surface area contributed by atoms with E-state index in [-0.39, 0.29) is 11.3 Å². The summed E-state index contributed by atoms with van der Waals surface area (Å²) in [4.78, 5) is 17.1. The Kier molecular flexibility index (Phi) is 7.76. The van der Waals surface area contributed by atoms with Gasteiger partial charge in [-0.25, -0.2) is 8.42 Å². The highest BCUT2D eigenvalue weighted by Crippen LogP contribution is 2.45. The van der Waals surface area contributed by atoms with Crippen molar-refractivity contribution in [2.75, 3.05) is 20.8 Å². The average Bonchev–Trinajstić information content (AvgIpc) is 3.37. The summed E-state index contributed by atoms with van der Waals surface area (Å²) in [7, 11) is -1.17. The van der Waals surface area contributed by atoms with Gasteiger partial charge >= 0.3 is 0 Å². The molecular weight excluding hydrogens is 482 g/mol. The zero-order valence-corrected chi connectivity index (χ0v) is 21.8. The van der Waals surface area contributed by atoms with Crippen LogP contribution >= 0.6 is 11.3 Å². The molecular formula is C27H31NO5S2. The summed E-state index contributed by atoms with van der Waals surface area (Å²) in [6.07, 6.45) is -0.363. The third kappa shape index (κ3) is 4.80. The first-order valence-corrected chi connectivity index (χ1v) is 13.9. The number of piperidine rings is 1. The van der Waals surface area contributed by atoms with Crippen LogP contribution in [0.3, 0.4) is 0 Å². The summed E-state index contributed by atoms with van der Waals surface area (Å²) in [5.74, 6) is -1.10. The molecule has 6 nitrogen and oxygen atoms in total. The van der Waals surface area contributed by atoms with E-state index < -0.39 is 32.7 Å². The van der Waals surface area contributed by atoms with Crippen molar-refractivity contribution in [1.82, 2.24) is 4.90 Å². The number of sulfone groups is 1. The summed E-state index contributed by atoms with van der Waals surface area (Å²) >= 11 is 1.45. The number of methoxy groups -OCH3 is 2. The number of aryl methyl sites for hydroxylation is 1. The van der Waals surface area contributed by atoms with Gasteiger partial charge < -0.3 is 14.4 Å². The average molecular weight is 514 g/mol. The summed E-state index contributed by atoms with van der Waals surface area (Å²) in [5.41, 5.74) is 1.90. The van der Waals surface area contributed by atoms with Crippen LogP contribution in [0.1, 0.15) is 22.4 Å². The Morgan fingerprint density at radius 3 is 2.31 bits per heavy atom. The third-order valence-electron chi connectivity index (χ3n) is 6.80. The van der Waals surface area contributed by atoms with Gasteiger partial charge in [0.05, 0.1) is 4.90 Å². The number of benzene rings is 2. The maximum Gasteiger partial charge on any atom is 0.245 e. The molecule has 2 unspecified atom stereocenters. The summed E-state index contributed by atoms with van der Waals surface area (Å²) in [6.45, 7) is 2.66.